The monoisotopic (exact) mass is 177 g/mol. The van der Waals surface area contributed by atoms with Crippen LogP contribution in [0.2, 0.25) is 0 Å². The van der Waals surface area contributed by atoms with Crippen LogP contribution in [0.25, 0.3) is 0 Å². The fourth-order valence-electron chi connectivity index (χ4n) is 0.632. The maximum atomic E-state index is 10.8. The van der Waals surface area contributed by atoms with Crippen molar-refractivity contribution in [1.82, 2.24) is 6.15 Å². The van der Waals surface area contributed by atoms with Gasteiger partial charge < -0.3 is 15.6 Å². The second-order valence-corrected chi connectivity index (χ2v) is 2.32. The lowest BCUT2D eigenvalue weighted by Gasteiger charge is -2.02. The molecule has 0 aromatic heterocycles. The molecular weight excluding hydrogens is 158 g/mol. The molecule has 0 amide bonds. The Kier molecular flexibility index (Phi) is 12.1. The lowest BCUT2D eigenvalue weighted by Crippen LogP contribution is -2.08. The largest absolute Gasteiger partial charge is 0.463 e. The van der Waals surface area contributed by atoms with E-state index < -0.39 is 0 Å². The maximum Gasteiger partial charge on any atom is 0.305 e. The van der Waals surface area contributed by atoms with Crippen LogP contribution in [-0.4, -0.2) is 26.3 Å². The zero-order chi connectivity index (χ0) is 8.53. The van der Waals surface area contributed by atoms with Crippen molar-refractivity contribution in [2.24, 2.45) is 0 Å². The third kappa shape index (κ3) is 9.39. The molecule has 0 spiro atoms. The molecule has 0 saturated carbocycles. The lowest BCUT2D eigenvalue weighted by atomic mass is 10.2. The molecule has 0 bridgehead atoms. The quantitative estimate of drug-likeness (QED) is 0.493. The van der Waals surface area contributed by atoms with Crippen molar-refractivity contribution < 1.29 is 14.3 Å². The lowest BCUT2D eigenvalue weighted by molar-refractivity contribution is -0.145. The number of carbonyl (C=O) groups excluding carboxylic acids is 1. The molecule has 0 radical (unpaired) electrons. The molecule has 0 unspecified atom stereocenters. The van der Waals surface area contributed by atoms with E-state index in [0.717, 1.165) is 12.8 Å². The van der Waals surface area contributed by atoms with E-state index in [1.54, 1.807) is 7.11 Å². The average Bonchev–Trinajstić information content (AvgIpc) is 2.01. The van der Waals surface area contributed by atoms with Crippen molar-refractivity contribution in [2.75, 3.05) is 20.3 Å². The Balaban J connectivity index is 0. The molecule has 0 heterocycles. The SMILES string of the molecule is CCCCC(=O)OCCOC.N. The molecule has 0 aliphatic rings. The summed E-state index contributed by atoms with van der Waals surface area (Å²) in [5, 5.41) is 0. The van der Waals surface area contributed by atoms with Gasteiger partial charge >= 0.3 is 5.97 Å². The first-order valence-electron chi connectivity index (χ1n) is 3.95. The Morgan fingerprint density at radius 3 is 2.50 bits per heavy atom. The van der Waals surface area contributed by atoms with Crippen LogP contribution in [0, 0.1) is 0 Å². The van der Waals surface area contributed by atoms with Gasteiger partial charge in [0.1, 0.15) is 6.61 Å². The zero-order valence-electron chi connectivity index (χ0n) is 7.97. The topological polar surface area (TPSA) is 70.5 Å². The van der Waals surface area contributed by atoms with Crippen LogP contribution < -0.4 is 6.15 Å². The standard InChI is InChI=1S/C8H16O3.H3N/c1-3-4-5-8(9)11-7-6-10-2;/h3-7H2,1-2H3;1H3. The molecule has 0 fully saturated rings. The highest BCUT2D eigenvalue weighted by molar-refractivity contribution is 5.69. The number of hydrogen-bond acceptors (Lipinski definition) is 4. The third-order valence-corrected chi connectivity index (χ3v) is 1.28. The van der Waals surface area contributed by atoms with Gasteiger partial charge in [-0.3, -0.25) is 4.79 Å². The first-order chi connectivity index (χ1) is 5.31. The normalized spacial score (nSPS) is 8.83. The van der Waals surface area contributed by atoms with E-state index in [1.807, 2.05) is 6.92 Å². The van der Waals surface area contributed by atoms with Crippen molar-refractivity contribution in [3.63, 3.8) is 0 Å². The van der Waals surface area contributed by atoms with Crippen LogP contribution in [0.5, 0.6) is 0 Å². The molecule has 3 N–H and O–H groups in total. The minimum Gasteiger partial charge on any atom is -0.463 e. The number of hydrogen-bond donors (Lipinski definition) is 1. The predicted octanol–water partition coefficient (Wildman–Crippen LogP) is 1.53. The Labute approximate surface area is 73.8 Å². The highest BCUT2D eigenvalue weighted by atomic mass is 16.6. The number of esters is 1. The molecule has 12 heavy (non-hydrogen) atoms. The van der Waals surface area contributed by atoms with Crippen LogP contribution in [0.3, 0.4) is 0 Å². The minimum absolute atomic E-state index is 0. The number of methoxy groups -OCH3 is 1. The van der Waals surface area contributed by atoms with Crippen LogP contribution in [-0.2, 0) is 14.3 Å². The number of carbonyl (C=O) groups is 1. The van der Waals surface area contributed by atoms with Gasteiger partial charge in [-0.2, -0.15) is 0 Å². The van der Waals surface area contributed by atoms with E-state index >= 15 is 0 Å². The number of rotatable bonds is 6. The summed E-state index contributed by atoms with van der Waals surface area (Å²) in [6.07, 6.45) is 2.46. The van der Waals surface area contributed by atoms with Crippen molar-refractivity contribution >= 4 is 5.97 Å². The summed E-state index contributed by atoms with van der Waals surface area (Å²) in [5.74, 6) is -0.121. The number of unbranched alkanes of at least 4 members (excludes halogenated alkanes) is 1. The highest BCUT2D eigenvalue weighted by Gasteiger charge is 1.99. The first kappa shape index (κ1) is 13.9. The third-order valence-electron chi connectivity index (χ3n) is 1.28. The Bertz CT molecular complexity index is 106. The molecule has 0 aromatic carbocycles. The van der Waals surface area contributed by atoms with Gasteiger partial charge in [-0.1, -0.05) is 13.3 Å². The fourth-order valence-corrected chi connectivity index (χ4v) is 0.632. The van der Waals surface area contributed by atoms with Crippen molar-refractivity contribution in [3.8, 4) is 0 Å². The van der Waals surface area contributed by atoms with Crippen molar-refractivity contribution in [1.29, 1.82) is 0 Å². The van der Waals surface area contributed by atoms with Gasteiger partial charge in [0.2, 0.25) is 0 Å². The summed E-state index contributed by atoms with van der Waals surface area (Å²) in [6.45, 7) is 2.90. The maximum absolute atomic E-state index is 10.8. The zero-order valence-corrected chi connectivity index (χ0v) is 7.97. The van der Waals surface area contributed by atoms with Gasteiger partial charge in [-0.05, 0) is 6.42 Å². The molecule has 4 nitrogen and oxygen atoms in total. The summed E-state index contributed by atoms with van der Waals surface area (Å²) in [5.41, 5.74) is 0. The van der Waals surface area contributed by atoms with Crippen LogP contribution >= 0.6 is 0 Å². The second-order valence-electron chi connectivity index (χ2n) is 2.32. The summed E-state index contributed by atoms with van der Waals surface area (Å²) < 4.78 is 9.54. The molecule has 4 heteroatoms. The molecule has 74 valence electrons. The van der Waals surface area contributed by atoms with Crippen molar-refractivity contribution in [3.05, 3.63) is 0 Å². The van der Waals surface area contributed by atoms with Gasteiger partial charge in [-0.25, -0.2) is 0 Å². The van der Waals surface area contributed by atoms with E-state index in [4.69, 9.17) is 9.47 Å². The van der Waals surface area contributed by atoms with E-state index in [-0.39, 0.29) is 12.1 Å². The van der Waals surface area contributed by atoms with Crippen LogP contribution in [0.15, 0.2) is 0 Å². The fraction of sp³-hybridized carbons (Fsp3) is 0.875. The highest BCUT2D eigenvalue weighted by Crippen LogP contribution is 1.95. The van der Waals surface area contributed by atoms with E-state index in [2.05, 4.69) is 0 Å². The van der Waals surface area contributed by atoms with Crippen LogP contribution in [0.1, 0.15) is 26.2 Å². The predicted molar refractivity (Wildman–Crippen MR) is 47.4 cm³/mol. The smallest absolute Gasteiger partial charge is 0.305 e. The summed E-state index contributed by atoms with van der Waals surface area (Å²) in [4.78, 5) is 10.8. The van der Waals surface area contributed by atoms with Crippen LogP contribution in [0.4, 0.5) is 0 Å². The second kappa shape index (κ2) is 10.4. The van der Waals surface area contributed by atoms with E-state index in [0.29, 0.717) is 19.6 Å². The molecule has 0 atom stereocenters. The summed E-state index contributed by atoms with van der Waals surface area (Å²) in [6, 6.07) is 0. The Hall–Kier alpha value is -0.610. The molecule has 0 saturated heterocycles. The Morgan fingerprint density at radius 1 is 1.33 bits per heavy atom. The van der Waals surface area contributed by atoms with E-state index in [9.17, 15) is 4.79 Å². The Morgan fingerprint density at radius 2 is 2.00 bits per heavy atom. The van der Waals surface area contributed by atoms with Crippen molar-refractivity contribution in [2.45, 2.75) is 26.2 Å². The van der Waals surface area contributed by atoms with Gasteiger partial charge in [0.05, 0.1) is 6.61 Å². The molecule has 0 aliphatic carbocycles. The molecule has 0 aliphatic heterocycles. The van der Waals surface area contributed by atoms with Gasteiger partial charge in [0.25, 0.3) is 0 Å². The number of ether oxygens (including phenoxy) is 2. The van der Waals surface area contributed by atoms with Gasteiger partial charge in [-0.15, -0.1) is 0 Å². The average molecular weight is 177 g/mol. The summed E-state index contributed by atoms with van der Waals surface area (Å²) >= 11 is 0. The minimum atomic E-state index is -0.121. The van der Waals surface area contributed by atoms with Gasteiger partial charge in [0.15, 0.2) is 0 Å². The molecule has 0 aromatic rings. The first-order valence-corrected chi connectivity index (χ1v) is 3.95. The molecular formula is C8H19NO3. The summed E-state index contributed by atoms with van der Waals surface area (Å²) in [7, 11) is 1.58. The van der Waals surface area contributed by atoms with E-state index in [1.165, 1.54) is 0 Å². The molecule has 0 rings (SSSR count). The van der Waals surface area contributed by atoms with Gasteiger partial charge in [0, 0.05) is 13.5 Å².